The van der Waals surface area contributed by atoms with Crippen LogP contribution in [-0.2, 0) is 0 Å². The van der Waals surface area contributed by atoms with E-state index in [-0.39, 0.29) is 16.9 Å². The lowest BCUT2D eigenvalue weighted by Crippen LogP contribution is -2.14. The number of nitrogens with one attached hydrogen (secondary N) is 1. The molecule has 1 aromatic heterocycles. The molecule has 0 unspecified atom stereocenters. The lowest BCUT2D eigenvalue weighted by molar-refractivity contribution is 0.150. The third-order valence-corrected chi connectivity index (χ3v) is 1.54. The van der Waals surface area contributed by atoms with Crippen LogP contribution in [-0.4, -0.2) is 4.98 Å². The lowest BCUT2D eigenvalue weighted by atomic mass is 10.2. The van der Waals surface area contributed by atoms with Crippen LogP contribution >= 0.6 is 0 Å². The molecule has 0 fully saturated rings. The molecule has 3 nitrogen and oxygen atoms in total. The quantitative estimate of drug-likeness (QED) is 0.672. The Labute approximate surface area is 67.2 Å². The smallest absolute Gasteiger partial charge is 0.271 e. The van der Waals surface area contributed by atoms with Gasteiger partial charge in [-0.05, 0) is 13.0 Å². The molecular weight excluding hydrogens is 166 g/mol. The molecule has 66 valence electrons. The van der Waals surface area contributed by atoms with E-state index in [0.29, 0.717) is 0 Å². The molecule has 0 aliphatic heterocycles. The van der Waals surface area contributed by atoms with E-state index < -0.39 is 12.0 Å². The van der Waals surface area contributed by atoms with Crippen LogP contribution < -0.4 is 11.3 Å². The summed E-state index contributed by atoms with van der Waals surface area (Å²) in [5, 5.41) is 0. The number of halogens is 2. The molecule has 1 aromatic rings. The highest BCUT2D eigenvalue weighted by atomic mass is 19.3. The predicted molar refractivity (Wildman–Crippen MR) is 41.2 cm³/mol. The van der Waals surface area contributed by atoms with Gasteiger partial charge in [0, 0.05) is 11.3 Å². The number of nitrogens with two attached hydrogens (primary N) is 1. The Kier molecular flexibility index (Phi) is 2.12. The molecule has 0 atom stereocenters. The van der Waals surface area contributed by atoms with Crippen molar-refractivity contribution in [2.24, 2.45) is 0 Å². The van der Waals surface area contributed by atoms with Gasteiger partial charge in [-0.2, -0.15) is 0 Å². The Balaban J connectivity index is 3.33. The molecule has 0 amide bonds. The number of H-pyrrole nitrogens is 1. The summed E-state index contributed by atoms with van der Waals surface area (Å²) in [6, 6.07) is 0.999. The number of pyridine rings is 1. The molecule has 0 aromatic carbocycles. The highest BCUT2D eigenvalue weighted by Gasteiger charge is 2.12. The maximum absolute atomic E-state index is 12.2. The Bertz CT molecular complexity index is 346. The van der Waals surface area contributed by atoms with Gasteiger partial charge in [0.15, 0.2) is 0 Å². The molecule has 3 N–H and O–H groups in total. The average Bonchev–Trinajstić information content (AvgIpc) is 1.96. The Morgan fingerprint density at radius 2 is 2.17 bits per heavy atom. The summed E-state index contributed by atoms with van der Waals surface area (Å²) in [6.07, 6.45) is -2.61. The van der Waals surface area contributed by atoms with E-state index in [1.807, 2.05) is 0 Å². The second kappa shape index (κ2) is 2.92. The van der Waals surface area contributed by atoms with Crippen LogP contribution in [0.2, 0.25) is 0 Å². The third kappa shape index (κ3) is 1.44. The molecule has 1 rings (SSSR count). The Morgan fingerprint density at radius 3 is 2.67 bits per heavy atom. The molecule has 5 heteroatoms. The predicted octanol–water partition coefficient (Wildman–Crippen LogP) is 1.20. The first-order chi connectivity index (χ1) is 5.52. The van der Waals surface area contributed by atoms with Crippen LogP contribution in [0.1, 0.15) is 17.7 Å². The van der Waals surface area contributed by atoms with E-state index in [0.717, 1.165) is 6.07 Å². The molecule has 0 aliphatic rings. The van der Waals surface area contributed by atoms with Gasteiger partial charge >= 0.3 is 0 Å². The first-order valence-electron chi connectivity index (χ1n) is 3.30. The minimum Gasteiger partial charge on any atom is -0.394 e. The minimum atomic E-state index is -2.61. The largest absolute Gasteiger partial charge is 0.394 e. The zero-order chi connectivity index (χ0) is 9.30. The highest BCUT2D eigenvalue weighted by molar-refractivity contribution is 5.40. The molecule has 12 heavy (non-hydrogen) atoms. The number of hydrogen-bond acceptors (Lipinski definition) is 2. The minimum absolute atomic E-state index is 0.157. The monoisotopic (exact) mass is 174 g/mol. The number of aromatic amines is 1. The van der Waals surface area contributed by atoms with Crippen molar-refractivity contribution in [2.75, 3.05) is 5.73 Å². The fraction of sp³-hybridized carbons (Fsp3) is 0.286. The van der Waals surface area contributed by atoms with Gasteiger partial charge in [0.1, 0.15) is 0 Å². The Hall–Kier alpha value is -1.39. The van der Waals surface area contributed by atoms with Crippen molar-refractivity contribution >= 4 is 5.69 Å². The first-order valence-corrected chi connectivity index (χ1v) is 3.30. The van der Waals surface area contributed by atoms with Gasteiger partial charge in [-0.15, -0.1) is 0 Å². The summed E-state index contributed by atoms with van der Waals surface area (Å²) in [4.78, 5) is 13.0. The van der Waals surface area contributed by atoms with Gasteiger partial charge < -0.3 is 10.7 Å². The van der Waals surface area contributed by atoms with Gasteiger partial charge in [-0.25, -0.2) is 8.78 Å². The van der Waals surface area contributed by atoms with Gasteiger partial charge in [0.2, 0.25) is 0 Å². The molecule has 0 saturated carbocycles. The Morgan fingerprint density at radius 1 is 1.58 bits per heavy atom. The van der Waals surface area contributed by atoms with Crippen molar-refractivity contribution in [1.82, 2.24) is 4.98 Å². The van der Waals surface area contributed by atoms with E-state index in [2.05, 4.69) is 4.98 Å². The number of hydrogen-bond donors (Lipinski definition) is 2. The number of anilines is 1. The van der Waals surface area contributed by atoms with Crippen LogP contribution in [0.3, 0.4) is 0 Å². The second-order valence-corrected chi connectivity index (χ2v) is 2.43. The molecule has 1 heterocycles. The number of aryl methyl sites for hydroxylation is 1. The number of alkyl halides is 2. The lowest BCUT2D eigenvalue weighted by Gasteiger charge is -2.04. The van der Waals surface area contributed by atoms with E-state index >= 15 is 0 Å². The van der Waals surface area contributed by atoms with E-state index in [9.17, 15) is 13.6 Å². The van der Waals surface area contributed by atoms with Gasteiger partial charge in [0.05, 0.1) is 5.69 Å². The highest BCUT2D eigenvalue weighted by Crippen LogP contribution is 2.20. The van der Waals surface area contributed by atoms with Gasteiger partial charge in [-0.3, -0.25) is 4.79 Å². The molecule has 0 spiro atoms. The summed E-state index contributed by atoms with van der Waals surface area (Å²) < 4.78 is 24.3. The fourth-order valence-electron chi connectivity index (χ4n) is 0.883. The third-order valence-electron chi connectivity index (χ3n) is 1.54. The van der Waals surface area contributed by atoms with Crippen molar-refractivity contribution in [1.29, 1.82) is 0 Å². The van der Waals surface area contributed by atoms with Crippen molar-refractivity contribution in [2.45, 2.75) is 13.3 Å². The van der Waals surface area contributed by atoms with E-state index in [1.165, 1.54) is 6.92 Å². The van der Waals surface area contributed by atoms with Crippen molar-refractivity contribution in [3.63, 3.8) is 0 Å². The van der Waals surface area contributed by atoms with Gasteiger partial charge in [0.25, 0.3) is 12.0 Å². The molecule has 0 aliphatic carbocycles. The van der Waals surface area contributed by atoms with Crippen molar-refractivity contribution in [3.8, 4) is 0 Å². The molecule has 0 bridgehead atoms. The topological polar surface area (TPSA) is 58.9 Å². The zero-order valence-corrected chi connectivity index (χ0v) is 6.40. The zero-order valence-electron chi connectivity index (χ0n) is 6.40. The average molecular weight is 174 g/mol. The molecular formula is C7H8F2N2O. The standard InChI is InChI=1S/C7H8F2N2O/c1-3-4(6(8)9)2-5(10)7(12)11-3/h2,6H,10H2,1H3,(H,11,12). The van der Waals surface area contributed by atoms with E-state index in [1.54, 1.807) is 0 Å². The van der Waals surface area contributed by atoms with Crippen LogP contribution in [0.4, 0.5) is 14.5 Å². The summed E-state index contributed by atoms with van der Waals surface area (Å²) in [5.74, 6) is 0. The van der Waals surface area contributed by atoms with Crippen LogP contribution in [0.25, 0.3) is 0 Å². The number of nitrogen functional groups attached to an aromatic ring is 1. The number of aromatic nitrogens is 1. The van der Waals surface area contributed by atoms with Crippen LogP contribution in [0, 0.1) is 6.92 Å². The fourth-order valence-corrected chi connectivity index (χ4v) is 0.883. The maximum atomic E-state index is 12.2. The molecule has 0 radical (unpaired) electrons. The summed E-state index contributed by atoms with van der Waals surface area (Å²) in [5.41, 5.74) is 4.36. The maximum Gasteiger partial charge on any atom is 0.271 e. The van der Waals surface area contributed by atoms with E-state index in [4.69, 9.17) is 5.73 Å². The van der Waals surface area contributed by atoms with Crippen molar-refractivity contribution in [3.05, 3.63) is 27.7 Å². The van der Waals surface area contributed by atoms with Gasteiger partial charge in [-0.1, -0.05) is 0 Å². The summed E-state index contributed by atoms with van der Waals surface area (Å²) in [6.45, 7) is 1.41. The molecule has 0 saturated heterocycles. The number of rotatable bonds is 1. The van der Waals surface area contributed by atoms with Crippen LogP contribution in [0.15, 0.2) is 10.9 Å². The first kappa shape index (κ1) is 8.70. The van der Waals surface area contributed by atoms with Crippen LogP contribution in [0.5, 0.6) is 0 Å². The summed E-state index contributed by atoms with van der Waals surface area (Å²) >= 11 is 0. The normalized spacial score (nSPS) is 10.7. The SMILES string of the molecule is Cc1[nH]c(=O)c(N)cc1C(F)F. The van der Waals surface area contributed by atoms with Crippen molar-refractivity contribution < 1.29 is 8.78 Å². The summed E-state index contributed by atoms with van der Waals surface area (Å²) in [7, 11) is 0. The second-order valence-electron chi connectivity index (χ2n) is 2.43.